The van der Waals surface area contributed by atoms with Crippen molar-refractivity contribution in [2.24, 2.45) is 0 Å². The topological polar surface area (TPSA) is 45.7 Å². The van der Waals surface area contributed by atoms with Crippen LogP contribution in [0, 0.1) is 0 Å². The lowest BCUT2D eigenvalue weighted by molar-refractivity contribution is 0.0182. The van der Waals surface area contributed by atoms with E-state index in [1.165, 1.54) is 17.0 Å². The van der Waals surface area contributed by atoms with Gasteiger partial charge in [0.1, 0.15) is 5.60 Å². The van der Waals surface area contributed by atoms with Crippen LogP contribution in [-0.4, -0.2) is 52.7 Å². The summed E-state index contributed by atoms with van der Waals surface area (Å²) in [5, 5.41) is 0. The summed E-state index contributed by atoms with van der Waals surface area (Å²) in [6, 6.07) is 4.37. The van der Waals surface area contributed by atoms with Crippen molar-refractivity contribution in [3.63, 3.8) is 0 Å². The molecule has 25 heavy (non-hydrogen) atoms. The number of hydrogen-bond donors (Lipinski definition) is 0. The van der Waals surface area contributed by atoms with E-state index in [1.807, 2.05) is 20.8 Å². The van der Waals surface area contributed by atoms with Crippen LogP contribution in [0.25, 0.3) is 5.70 Å². The Bertz CT molecular complexity index is 668. The SMILES string of the molecule is CCCc1ccc2c(n1)C(N1CCN(C(=O)OC(C)(C)C)CC1)=CC2. The molecule has 0 spiro atoms. The highest BCUT2D eigenvalue weighted by Gasteiger charge is 2.29. The molecule has 2 aliphatic rings. The highest BCUT2D eigenvalue weighted by atomic mass is 16.6. The molecule has 0 bridgehead atoms. The zero-order valence-electron chi connectivity index (χ0n) is 15.8. The Morgan fingerprint density at radius 1 is 1.20 bits per heavy atom. The number of aryl methyl sites for hydroxylation is 1. The zero-order chi connectivity index (χ0) is 18.0. The number of piperazine rings is 1. The molecule has 1 saturated heterocycles. The van der Waals surface area contributed by atoms with Crippen LogP contribution in [0.4, 0.5) is 4.79 Å². The number of fused-ring (bicyclic) bond motifs is 1. The largest absolute Gasteiger partial charge is 0.444 e. The van der Waals surface area contributed by atoms with E-state index >= 15 is 0 Å². The molecule has 0 N–H and O–H groups in total. The number of carbonyl (C=O) groups is 1. The summed E-state index contributed by atoms with van der Waals surface area (Å²) in [6.07, 6.45) is 5.15. The summed E-state index contributed by atoms with van der Waals surface area (Å²) < 4.78 is 5.48. The Hall–Kier alpha value is -2.04. The van der Waals surface area contributed by atoms with Crippen molar-refractivity contribution in [2.45, 2.75) is 52.6 Å². The first-order valence-electron chi connectivity index (χ1n) is 9.29. The van der Waals surface area contributed by atoms with Gasteiger partial charge in [0, 0.05) is 31.9 Å². The molecular formula is C20H29N3O2. The van der Waals surface area contributed by atoms with E-state index < -0.39 is 5.60 Å². The molecule has 1 aliphatic heterocycles. The van der Waals surface area contributed by atoms with Gasteiger partial charge in [-0.25, -0.2) is 4.79 Å². The number of carbonyl (C=O) groups excluding carboxylic acids is 1. The van der Waals surface area contributed by atoms with Gasteiger partial charge in [-0.3, -0.25) is 4.98 Å². The molecule has 3 rings (SSSR count). The third-order valence-electron chi connectivity index (χ3n) is 4.57. The third-order valence-corrected chi connectivity index (χ3v) is 4.57. The molecule has 1 aromatic heterocycles. The monoisotopic (exact) mass is 343 g/mol. The van der Waals surface area contributed by atoms with E-state index in [0.717, 1.165) is 38.0 Å². The number of amides is 1. The lowest BCUT2D eigenvalue weighted by Gasteiger charge is -2.37. The van der Waals surface area contributed by atoms with E-state index in [1.54, 1.807) is 4.90 Å². The molecule has 0 aromatic carbocycles. The number of hydrogen-bond acceptors (Lipinski definition) is 4. The molecular weight excluding hydrogens is 314 g/mol. The number of rotatable bonds is 3. The molecule has 5 nitrogen and oxygen atoms in total. The second-order valence-corrected chi connectivity index (χ2v) is 7.81. The zero-order valence-corrected chi connectivity index (χ0v) is 15.8. The molecule has 5 heteroatoms. The van der Waals surface area contributed by atoms with Crippen molar-refractivity contribution in [1.82, 2.24) is 14.8 Å². The minimum Gasteiger partial charge on any atom is -0.444 e. The maximum Gasteiger partial charge on any atom is 0.410 e. The van der Waals surface area contributed by atoms with Gasteiger partial charge in [0.15, 0.2) is 0 Å². The first kappa shape index (κ1) is 17.8. The van der Waals surface area contributed by atoms with Gasteiger partial charge in [0.2, 0.25) is 0 Å². The second kappa shape index (κ2) is 7.06. The van der Waals surface area contributed by atoms with Gasteiger partial charge in [-0.2, -0.15) is 0 Å². The molecule has 136 valence electrons. The number of aromatic nitrogens is 1. The van der Waals surface area contributed by atoms with Crippen LogP contribution < -0.4 is 0 Å². The fraction of sp³-hybridized carbons (Fsp3) is 0.600. The average Bonchev–Trinajstić information content (AvgIpc) is 2.97. The minimum atomic E-state index is -0.444. The third kappa shape index (κ3) is 4.14. The first-order chi connectivity index (χ1) is 11.9. The molecule has 0 radical (unpaired) electrons. The van der Waals surface area contributed by atoms with Gasteiger partial charge < -0.3 is 14.5 Å². The summed E-state index contributed by atoms with van der Waals surface area (Å²) in [5.74, 6) is 0. The fourth-order valence-corrected chi connectivity index (χ4v) is 3.35. The van der Waals surface area contributed by atoms with Crippen LogP contribution in [-0.2, 0) is 17.6 Å². The number of pyridine rings is 1. The van der Waals surface area contributed by atoms with Crippen molar-refractivity contribution in [1.29, 1.82) is 0 Å². The Balaban J connectivity index is 1.63. The molecule has 1 aromatic rings. The van der Waals surface area contributed by atoms with Crippen LogP contribution in [0.3, 0.4) is 0 Å². The Morgan fingerprint density at radius 3 is 2.56 bits per heavy atom. The van der Waals surface area contributed by atoms with Gasteiger partial charge in [-0.1, -0.05) is 25.5 Å². The molecule has 1 amide bonds. The standard InChI is InChI=1S/C20H29N3O2/c1-5-6-16-9-7-15-8-10-17(18(15)21-16)22-11-13-23(14-12-22)19(24)25-20(2,3)4/h7,9-10H,5-6,8,11-14H2,1-4H3. The van der Waals surface area contributed by atoms with Gasteiger partial charge in [0.05, 0.1) is 11.4 Å². The summed E-state index contributed by atoms with van der Waals surface area (Å²) in [4.78, 5) is 21.3. The minimum absolute atomic E-state index is 0.212. The molecule has 1 fully saturated rings. The second-order valence-electron chi connectivity index (χ2n) is 7.81. The summed E-state index contributed by atoms with van der Waals surface area (Å²) in [7, 11) is 0. The highest BCUT2D eigenvalue weighted by Crippen LogP contribution is 2.30. The smallest absolute Gasteiger partial charge is 0.410 e. The van der Waals surface area contributed by atoms with Crippen LogP contribution in [0.15, 0.2) is 18.2 Å². The van der Waals surface area contributed by atoms with Crippen LogP contribution in [0.2, 0.25) is 0 Å². The van der Waals surface area contributed by atoms with Crippen molar-refractivity contribution >= 4 is 11.8 Å². The summed E-state index contributed by atoms with van der Waals surface area (Å²) in [5.41, 5.74) is 4.40. The van der Waals surface area contributed by atoms with Crippen molar-refractivity contribution < 1.29 is 9.53 Å². The number of ether oxygens (including phenoxy) is 1. The summed E-state index contributed by atoms with van der Waals surface area (Å²) >= 11 is 0. The maximum absolute atomic E-state index is 12.2. The fourth-order valence-electron chi connectivity index (χ4n) is 3.35. The number of allylic oxidation sites excluding steroid dienone is 1. The maximum atomic E-state index is 12.2. The van der Waals surface area contributed by atoms with Gasteiger partial charge in [-0.05, 0) is 45.2 Å². The van der Waals surface area contributed by atoms with E-state index in [2.05, 4.69) is 30.0 Å². The normalized spacial score (nSPS) is 17.4. The lowest BCUT2D eigenvalue weighted by atomic mass is 10.1. The lowest BCUT2D eigenvalue weighted by Crippen LogP contribution is -2.49. The van der Waals surface area contributed by atoms with Crippen molar-refractivity contribution in [3.8, 4) is 0 Å². The molecule has 0 unspecified atom stereocenters. The molecule has 0 saturated carbocycles. The van der Waals surface area contributed by atoms with E-state index in [-0.39, 0.29) is 6.09 Å². The average molecular weight is 343 g/mol. The van der Waals surface area contributed by atoms with E-state index in [0.29, 0.717) is 13.1 Å². The molecule has 2 heterocycles. The predicted molar refractivity (Wildman–Crippen MR) is 99.3 cm³/mol. The van der Waals surface area contributed by atoms with E-state index in [9.17, 15) is 4.79 Å². The van der Waals surface area contributed by atoms with Gasteiger partial charge >= 0.3 is 6.09 Å². The highest BCUT2D eigenvalue weighted by molar-refractivity contribution is 5.70. The molecule has 1 aliphatic carbocycles. The van der Waals surface area contributed by atoms with Crippen molar-refractivity contribution in [2.75, 3.05) is 26.2 Å². The first-order valence-corrected chi connectivity index (χ1v) is 9.29. The van der Waals surface area contributed by atoms with E-state index in [4.69, 9.17) is 9.72 Å². The predicted octanol–water partition coefficient (Wildman–Crippen LogP) is 3.48. The number of nitrogens with zero attached hydrogens (tertiary/aromatic N) is 3. The van der Waals surface area contributed by atoms with Crippen molar-refractivity contribution in [3.05, 3.63) is 35.2 Å². The quantitative estimate of drug-likeness (QED) is 0.843. The van der Waals surface area contributed by atoms with Gasteiger partial charge in [-0.15, -0.1) is 0 Å². The summed E-state index contributed by atoms with van der Waals surface area (Å²) in [6.45, 7) is 10.9. The van der Waals surface area contributed by atoms with Crippen LogP contribution in [0.1, 0.15) is 51.1 Å². The van der Waals surface area contributed by atoms with Crippen LogP contribution in [0.5, 0.6) is 0 Å². The Labute approximate surface area is 150 Å². The van der Waals surface area contributed by atoms with Crippen LogP contribution >= 0.6 is 0 Å². The molecule has 0 atom stereocenters. The Morgan fingerprint density at radius 2 is 1.92 bits per heavy atom. The Kier molecular flexibility index (Phi) is 5.02. The van der Waals surface area contributed by atoms with Gasteiger partial charge in [0.25, 0.3) is 0 Å².